The molecule has 3 nitrogen and oxygen atoms in total. The molecule has 2 heterocycles. The van der Waals surface area contributed by atoms with Crippen molar-refractivity contribution in [3.63, 3.8) is 0 Å². The van der Waals surface area contributed by atoms with Crippen LogP contribution < -0.4 is 10.2 Å². The molecule has 1 N–H and O–H groups in total. The molecule has 7 aromatic rings. The van der Waals surface area contributed by atoms with Gasteiger partial charge in [0.05, 0.1) is 22.5 Å². The molecule has 0 bridgehead atoms. The van der Waals surface area contributed by atoms with Crippen LogP contribution in [0, 0.1) is 0 Å². The van der Waals surface area contributed by atoms with Crippen LogP contribution in [-0.2, 0) is 5.41 Å². The standard InChI is InChI=1S/C45H31N3/c1-3-15-30(16-4-1)43-35-20-8-12-24-40(35)46-44(47-43)31-27-28-34-33-19-7-9-21-36(33)45(39(34)29-31)37-22-10-13-25-41(37)48(32-17-5-2-6-18-32)42-26-14-11-23-38(42)45/h1-29,44,46H. The normalized spacial score (nSPS) is 16.1. The van der Waals surface area contributed by atoms with Crippen LogP contribution in [0.1, 0.15) is 45.1 Å². The summed E-state index contributed by atoms with van der Waals surface area (Å²) in [5.41, 5.74) is 16.3. The number of nitrogens with one attached hydrogen (secondary N) is 1. The zero-order chi connectivity index (χ0) is 31.7. The van der Waals surface area contributed by atoms with E-state index in [0.29, 0.717) is 0 Å². The maximum absolute atomic E-state index is 5.41. The monoisotopic (exact) mass is 613 g/mol. The number of para-hydroxylation sites is 4. The maximum atomic E-state index is 5.41. The van der Waals surface area contributed by atoms with Crippen LogP contribution in [-0.4, -0.2) is 5.71 Å². The van der Waals surface area contributed by atoms with Crippen molar-refractivity contribution in [2.75, 3.05) is 10.2 Å². The number of hydrogen-bond donors (Lipinski definition) is 1. The molecule has 0 radical (unpaired) electrons. The fraction of sp³-hybridized carbons (Fsp3) is 0.0444. The molecule has 0 saturated heterocycles. The minimum absolute atomic E-state index is 0.240. The molecule has 226 valence electrons. The van der Waals surface area contributed by atoms with Crippen LogP contribution in [0.3, 0.4) is 0 Å². The first-order valence-corrected chi connectivity index (χ1v) is 16.6. The van der Waals surface area contributed by atoms with E-state index in [2.05, 4.69) is 186 Å². The van der Waals surface area contributed by atoms with Gasteiger partial charge in [0.2, 0.25) is 0 Å². The van der Waals surface area contributed by atoms with Crippen LogP contribution in [0.4, 0.5) is 22.7 Å². The fourth-order valence-corrected chi connectivity index (χ4v) is 8.33. The average molecular weight is 614 g/mol. The third-order valence-corrected chi connectivity index (χ3v) is 10.3. The lowest BCUT2D eigenvalue weighted by Crippen LogP contribution is -2.36. The Labute approximate surface area is 280 Å². The van der Waals surface area contributed by atoms with E-state index in [9.17, 15) is 0 Å². The summed E-state index contributed by atoms with van der Waals surface area (Å²) in [6.07, 6.45) is -0.240. The van der Waals surface area contributed by atoms with Crippen molar-refractivity contribution >= 4 is 28.5 Å². The van der Waals surface area contributed by atoms with Gasteiger partial charge in [-0.1, -0.05) is 140 Å². The van der Waals surface area contributed by atoms with Crippen molar-refractivity contribution in [1.29, 1.82) is 0 Å². The minimum Gasteiger partial charge on any atom is -0.360 e. The van der Waals surface area contributed by atoms with E-state index in [4.69, 9.17) is 4.99 Å². The van der Waals surface area contributed by atoms with Gasteiger partial charge in [-0.05, 0) is 75.3 Å². The van der Waals surface area contributed by atoms with Crippen molar-refractivity contribution in [1.82, 2.24) is 0 Å². The van der Waals surface area contributed by atoms with Crippen molar-refractivity contribution in [2.45, 2.75) is 11.6 Å². The molecule has 1 unspecified atom stereocenters. The van der Waals surface area contributed by atoms with Crippen LogP contribution in [0.15, 0.2) is 181 Å². The Bertz CT molecular complexity index is 2340. The number of nitrogens with zero attached hydrogens (tertiary/aromatic N) is 2. The topological polar surface area (TPSA) is 27.6 Å². The van der Waals surface area contributed by atoms with Crippen LogP contribution in [0.25, 0.3) is 11.1 Å². The van der Waals surface area contributed by atoms with Gasteiger partial charge in [-0.3, -0.25) is 4.99 Å². The largest absolute Gasteiger partial charge is 0.360 e. The summed E-state index contributed by atoms with van der Waals surface area (Å²) in [7, 11) is 0. The molecule has 0 fully saturated rings. The lowest BCUT2D eigenvalue weighted by atomic mass is 9.64. The second-order valence-electron chi connectivity index (χ2n) is 12.7. The first-order chi connectivity index (χ1) is 23.8. The maximum Gasteiger partial charge on any atom is 0.145 e. The predicted octanol–water partition coefficient (Wildman–Crippen LogP) is 10.8. The average Bonchev–Trinajstić information content (AvgIpc) is 3.45. The van der Waals surface area contributed by atoms with E-state index in [0.717, 1.165) is 33.8 Å². The van der Waals surface area contributed by atoms with Crippen molar-refractivity contribution in [3.05, 3.63) is 215 Å². The number of benzene rings is 7. The number of hydrogen-bond acceptors (Lipinski definition) is 3. The highest BCUT2D eigenvalue weighted by Crippen LogP contribution is 2.63. The molecule has 3 heteroatoms. The lowest BCUT2D eigenvalue weighted by molar-refractivity contribution is 0.745. The summed E-state index contributed by atoms with van der Waals surface area (Å²) in [4.78, 5) is 7.84. The lowest BCUT2D eigenvalue weighted by Gasteiger charge is -2.45. The van der Waals surface area contributed by atoms with Gasteiger partial charge in [0, 0.05) is 22.5 Å². The minimum atomic E-state index is -0.501. The Morgan fingerprint density at radius 1 is 0.479 bits per heavy atom. The molecular formula is C45H31N3. The smallest absolute Gasteiger partial charge is 0.145 e. The highest BCUT2D eigenvalue weighted by molar-refractivity contribution is 6.17. The zero-order valence-electron chi connectivity index (χ0n) is 26.2. The molecule has 1 atom stereocenters. The van der Waals surface area contributed by atoms with Gasteiger partial charge in [0.25, 0.3) is 0 Å². The number of fused-ring (bicyclic) bond motifs is 10. The van der Waals surface area contributed by atoms with Gasteiger partial charge in [-0.15, -0.1) is 0 Å². The van der Waals surface area contributed by atoms with Gasteiger partial charge < -0.3 is 10.2 Å². The molecule has 0 amide bonds. The van der Waals surface area contributed by atoms with Gasteiger partial charge in [-0.2, -0.15) is 0 Å². The molecule has 1 spiro atoms. The molecule has 3 aliphatic rings. The summed E-state index contributed by atoms with van der Waals surface area (Å²) >= 11 is 0. The van der Waals surface area contributed by atoms with Gasteiger partial charge in [0.1, 0.15) is 6.17 Å². The van der Waals surface area contributed by atoms with E-state index in [-0.39, 0.29) is 6.17 Å². The Morgan fingerprint density at radius 2 is 1.04 bits per heavy atom. The Hall–Kier alpha value is -6.19. The number of anilines is 4. The third-order valence-electron chi connectivity index (χ3n) is 10.3. The van der Waals surface area contributed by atoms with E-state index >= 15 is 0 Å². The first kappa shape index (κ1) is 27.0. The van der Waals surface area contributed by atoms with Crippen LogP contribution >= 0.6 is 0 Å². The third kappa shape index (κ3) is 3.73. The summed E-state index contributed by atoms with van der Waals surface area (Å²) in [5, 5.41) is 3.79. The number of aliphatic imine (C=N–C) groups is 1. The summed E-state index contributed by atoms with van der Waals surface area (Å²) < 4.78 is 0. The molecule has 10 rings (SSSR count). The van der Waals surface area contributed by atoms with E-state index < -0.39 is 5.41 Å². The molecule has 48 heavy (non-hydrogen) atoms. The summed E-state index contributed by atoms with van der Waals surface area (Å²) in [6.45, 7) is 0. The molecular weight excluding hydrogens is 583 g/mol. The Morgan fingerprint density at radius 3 is 1.77 bits per heavy atom. The van der Waals surface area contributed by atoms with Crippen molar-refractivity contribution < 1.29 is 0 Å². The van der Waals surface area contributed by atoms with Gasteiger partial charge >= 0.3 is 0 Å². The second-order valence-corrected chi connectivity index (χ2v) is 12.7. The highest BCUT2D eigenvalue weighted by Gasteiger charge is 2.51. The zero-order valence-corrected chi connectivity index (χ0v) is 26.2. The van der Waals surface area contributed by atoms with E-state index in [1.54, 1.807) is 0 Å². The Balaban J connectivity index is 1.23. The molecule has 0 saturated carbocycles. The van der Waals surface area contributed by atoms with Gasteiger partial charge in [-0.25, -0.2) is 0 Å². The van der Waals surface area contributed by atoms with Crippen molar-refractivity contribution in [3.8, 4) is 11.1 Å². The fourth-order valence-electron chi connectivity index (χ4n) is 8.33. The molecule has 7 aromatic carbocycles. The number of rotatable bonds is 3. The van der Waals surface area contributed by atoms with Crippen LogP contribution in [0.5, 0.6) is 0 Å². The predicted molar refractivity (Wildman–Crippen MR) is 197 cm³/mol. The highest BCUT2D eigenvalue weighted by atomic mass is 15.2. The molecule has 1 aliphatic carbocycles. The van der Waals surface area contributed by atoms with Gasteiger partial charge in [0.15, 0.2) is 0 Å². The quantitative estimate of drug-likeness (QED) is 0.215. The second kappa shape index (κ2) is 10.4. The first-order valence-electron chi connectivity index (χ1n) is 16.6. The Kier molecular flexibility index (Phi) is 5.85. The summed E-state index contributed by atoms with van der Waals surface area (Å²) in [6, 6.07) is 63.7. The van der Waals surface area contributed by atoms with Crippen LogP contribution in [0.2, 0.25) is 0 Å². The molecule has 0 aromatic heterocycles. The van der Waals surface area contributed by atoms with E-state index in [1.165, 1.54) is 44.8 Å². The molecule has 2 aliphatic heterocycles. The van der Waals surface area contributed by atoms with Crippen molar-refractivity contribution in [2.24, 2.45) is 4.99 Å². The SMILES string of the molecule is c1ccc(C2=NC(c3ccc4c(c3)C3(c5ccccc5-4)c4ccccc4N(c4ccccc4)c4ccccc43)Nc3ccccc32)cc1. The summed E-state index contributed by atoms with van der Waals surface area (Å²) in [5.74, 6) is 0. The van der Waals surface area contributed by atoms with E-state index in [1.807, 2.05) is 0 Å².